The van der Waals surface area contributed by atoms with Crippen LogP contribution < -0.4 is 5.32 Å². The molecule has 4 heteroatoms. The van der Waals surface area contributed by atoms with E-state index >= 15 is 0 Å². The summed E-state index contributed by atoms with van der Waals surface area (Å²) in [5.74, 6) is 0. The van der Waals surface area contributed by atoms with Gasteiger partial charge in [-0.15, -0.1) is 0 Å². The largest absolute Gasteiger partial charge is 0.313 e. The van der Waals surface area contributed by atoms with Gasteiger partial charge in [0.05, 0.1) is 0 Å². The van der Waals surface area contributed by atoms with Crippen LogP contribution in [0.3, 0.4) is 0 Å². The average molecular weight is 215 g/mol. The van der Waals surface area contributed by atoms with Gasteiger partial charge in [-0.1, -0.05) is 6.92 Å². The maximum Gasteiger partial charge on any atom is 0.137 e. The van der Waals surface area contributed by atoms with Gasteiger partial charge in [-0.25, -0.2) is 4.39 Å². The Morgan fingerprint density at radius 3 is 2.40 bits per heavy atom. The van der Waals surface area contributed by atoms with Crippen LogP contribution in [0.5, 0.6) is 0 Å². The van der Waals surface area contributed by atoms with Crippen LogP contribution in [0.1, 0.15) is 13.3 Å². The summed E-state index contributed by atoms with van der Waals surface area (Å²) < 4.78 is 14.2. The molecule has 2 saturated heterocycles. The summed E-state index contributed by atoms with van der Waals surface area (Å²) in [6.45, 7) is 9.56. The Hall–Kier alpha value is -0.190. The summed E-state index contributed by atoms with van der Waals surface area (Å²) in [5, 5.41) is 3.11. The molecule has 1 N–H and O–H groups in total. The van der Waals surface area contributed by atoms with E-state index < -0.39 is 5.67 Å². The number of hydrogen-bond acceptors (Lipinski definition) is 3. The summed E-state index contributed by atoms with van der Waals surface area (Å²) in [6, 6.07) is 0. The number of rotatable bonds is 3. The molecule has 1 unspecified atom stereocenters. The number of halogens is 1. The third-order valence-electron chi connectivity index (χ3n) is 3.61. The van der Waals surface area contributed by atoms with Gasteiger partial charge < -0.3 is 10.2 Å². The molecule has 0 bridgehead atoms. The lowest BCUT2D eigenvalue weighted by Gasteiger charge is -2.36. The number of alkyl halides is 1. The number of piperazine rings is 1. The van der Waals surface area contributed by atoms with Crippen molar-refractivity contribution in [3.63, 3.8) is 0 Å². The van der Waals surface area contributed by atoms with E-state index in [-0.39, 0.29) is 0 Å². The highest BCUT2D eigenvalue weighted by molar-refractivity contribution is 4.92. The Morgan fingerprint density at radius 2 is 1.87 bits per heavy atom. The van der Waals surface area contributed by atoms with Gasteiger partial charge in [0.1, 0.15) is 5.67 Å². The zero-order chi connectivity index (χ0) is 10.7. The monoisotopic (exact) mass is 215 g/mol. The predicted molar refractivity (Wildman–Crippen MR) is 59.9 cm³/mol. The van der Waals surface area contributed by atoms with Crippen LogP contribution in [0.25, 0.3) is 0 Å². The molecule has 3 nitrogen and oxygen atoms in total. The average Bonchev–Trinajstić information content (AvgIpc) is 2.66. The second-order valence-electron chi connectivity index (χ2n) is 4.79. The Morgan fingerprint density at radius 1 is 1.20 bits per heavy atom. The van der Waals surface area contributed by atoms with Crippen molar-refractivity contribution in [2.24, 2.45) is 0 Å². The van der Waals surface area contributed by atoms with E-state index in [2.05, 4.69) is 22.0 Å². The Kier molecular flexibility index (Phi) is 3.59. The minimum absolute atomic E-state index is 0.543. The van der Waals surface area contributed by atoms with E-state index in [1.54, 1.807) is 0 Å². The highest BCUT2D eigenvalue weighted by atomic mass is 19.1. The molecule has 0 saturated carbocycles. The maximum atomic E-state index is 14.2. The van der Waals surface area contributed by atoms with Gasteiger partial charge in [-0.2, -0.15) is 0 Å². The third-order valence-corrected chi connectivity index (χ3v) is 3.61. The molecule has 0 aliphatic carbocycles. The highest BCUT2D eigenvalue weighted by Crippen LogP contribution is 2.21. The van der Waals surface area contributed by atoms with Gasteiger partial charge >= 0.3 is 0 Å². The molecule has 0 spiro atoms. The van der Waals surface area contributed by atoms with Crippen molar-refractivity contribution in [1.29, 1.82) is 0 Å². The maximum absolute atomic E-state index is 14.2. The first-order valence-corrected chi connectivity index (χ1v) is 6.06. The summed E-state index contributed by atoms with van der Waals surface area (Å²) in [4.78, 5) is 4.70. The summed E-state index contributed by atoms with van der Waals surface area (Å²) >= 11 is 0. The number of nitrogens with zero attached hydrogens (tertiary/aromatic N) is 2. The van der Waals surface area contributed by atoms with Gasteiger partial charge in [0.25, 0.3) is 0 Å². The van der Waals surface area contributed by atoms with Crippen molar-refractivity contribution >= 4 is 0 Å². The highest BCUT2D eigenvalue weighted by Gasteiger charge is 2.35. The lowest BCUT2D eigenvalue weighted by molar-refractivity contribution is 0.0690. The molecule has 2 heterocycles. The molecule has 15 heavy (non-hydrogen) atoms. The van der Waals surface area contributed by atoms with Crippen LogP contribution in [0, 0.1) is 0 Å². The number of hydrogen-bond donors (Lipinski definition) is 1. The van der Waals surface area contributed by atoms with Crippen molar-refractivity contribution in [2.45, 2.75) is 19.0 Å². The standard InChI is InChI=1S/C11H22FN3/c1-2-14-5-7-15(8-6-14)10-11(12)3-4-13-9-11/h13H,2-10H2,1H3. The van der Waals surface area contributed by atoms with E-state index in [1.807, 2.05) is 0 Å². The summed E-state index contributed by atoms with van der Waals surface area (Å²) in [5.41, 5.74) is -0.964. The van der Waals surface area contributed by atoms with E-state index in [1.165, 1.54) is 0 Å². The van der Waals surface area contributed by atoms with Crippen LogP contribution in [0.4, 0.5) is 4.39 Å². The van der Waals surface area contributed by atoms with Crippen LogP contribution >= 0.6 is 0 Å². The lowest BCUT2D eigenvalue weighted by atomic mass is 10.0. The quantitative estimate of drug-likeness (QED) is 0.732. The molecule has 2 rings (SSSR count). The molecule has 0 aromatic heterocycles. The topological polar surface area (TPSA) is 18.5 Å². The second-order valence-corrected chi connectivity index (χ2v) is 4.79. The molecule has 88 valence electrons. The van der Waals surface area contributed by atoms with Crippen LogP contribution in [0.15, 0.2) is 0 Å². The van der Waals surface area contributed by atoms with E-state index in [4.69, 9.17) is 0 Å². The molecule has 0 aromatic carbocycles. The molecule has 2 fully saturated rings. The van der Waals surface area contributed by atoms with Gasteiger partial charge in [0.2, 0.25) is 0 Å². The second kappa shape index (κ2) is 4.76. The van der Waals surface area contributed by atoms with Gasteiger partial charge in [0, 0.05) is 39.3 Å². The molecule has 2 aliphatic heterocycles. The van der Waals surface area contributed by atoms with Gasteiger partial charge in [0.15, 0.2) is 0 Å². The molecule has 1 atom stereocenters. The Labute approximate surface area is 91.6 Å². The first-order chi connectivity index (χ1) is 7.22. The van der Waals surface area contributed by atoms with Crippen molar-refractivity contribution in [2.75, 3.05) is 52.4 Å². The normalized spacial score (nSPS) is 34.8. The van der Waals surface area contributed by atoms with Crippen molar-refractivity contribution in [3.05, 3.63) is 0 Å². The SMILES string of the molecule is CCN1CCN(CC2(F)CCNC2)CC1. The van der Waals surface area contributed by atoms with Gasteiger partial charge in [-0.3, -0.25) is 4.90 Å². The van der Waals surface area contributed by atoms with Crippen molar-refractivity contribution in [1.82, 2.24) is 15.1 Å². The molecular weight excluding hydrogens is 193 g/mol. The fraction of sp³-hybridized carbons (Fsp3) is 1.00. The van der Waals surface area contributed by atoms with E-state index in [0.29, 0.717) is 19.5 Å². The minimum Gasteiger partial charge on any atom is -0.313 e. The Balaban J connectivity index is 1.76. The molecule has 0 aromatic rings. The number of nitrogens with one attached hydrogen (secondary N) is 1. The van der Waals surface area contributed by atoms with Gasteiger partial charge in [-0.05, 0) is 19.5 Å². The van der Waals surface area contributed by atoms with Crippen LogP contribution in [-0.2, 0) is 0 Å². The summed E-state index contributed by atoms with van der Waals surface area (Å²) in [6.07, 6.45) is 0.682. The third kappa shape index (κ3) is 2.89. The molecule has 0 amide bonds. The molecule has 0 radical (unpaired) electrons. The molecule has 2 aliphatic rings. The smallest absolute Gasteiger partial charge is 0.137 e. The zero-order valence-corrected chi connectivity index (χ0v) is 9.64. The zero-order valence-electron chi connectivity index (χ0n) is 9.64. The van der Waals surface area contributed by atoms with E-state index in [9.17, 15) is 4.39 Å². The van der Waals surface area contributed by atoms with Crippen LogP contribution in [-0.4, -0.2) is 67.8 Å². The van der Waals surface area contributed by atoms with Crippen molar-refractivity contribution < 1.29 is 4.39 Å². The fourth-order valence-electron chi connectivity index (χ4n) is 2.51. The first-order valence-electron chi connectivity index (χ1n) is 6.06. The summed E-state index contributed by atoms with van der Waals surface area (Å²) in [7, 11) is 0. The minimum atomic E-state index is -0.964. The predicted octanol–water partition coefficient (Wildman–Crippen LogP) is 0.326. The lowest BCUT2D eigenvalue weighted by Crippen LogP contribution is -2.51. The van der Waals surface area contributed by atoms with Crippen LogP contribution in [0.2, 0.25) is 0 Å². The van der Waals surface area contributed by atoms with E-state index in [0.717, 1.165) is 39.3 Å². The first kappa shape index (κ1) is 11.3. The van der Waals surface area contributed by atoms with Crippen molar-refractivity contribution in [3.8, 4) is 0 Å². The molecular formula is C11H22FN3. The fourth-order valence-corrected chi connectivity index (χ4v) is 2.51. The Bertz CT molecular complexity index is 196. The number of likely N-dealkylation sites (N-methyl/N-ethyl adjacent to an activating group) is 1.